The zero-order chi connectivity index (χ0) is 23.0. The number of halogens is 1. The van der Waals surface area contributed by atoms with E-state index in [0.29, 0.717) is 23.5 Å². The van der Waals surface area contributed by atoms with E-state index in [4.69, 9.17) is 0 Å². The Morgan fingerprint density at radius 1 is 0.844 bits per heavy atom. The highest BCUT2D eigenvalue weighted by Gasteiger charge is 2.24. The third kappa shape index (κ3) is 3.82. The van der Waals surface area contributed by atoms with Crippen LogP contribution < -0.4 is 0 Å². The molecule has 0 saturated heterocycles. The van der Waals surface area contributed by atoms with Crippen molar-refractivity contribution in [1.82, 2.24) is 24.5 Å². The molecule has 6 nitrogen and oxygen atoms in total. The van der Waals surface area contributed by atoms with Gasteiger partial charge in [0.2, 0.25) is 0 Å². The molecular weight excluding hydrogens is 405 g/mol. The van der Waals surface area contributed by atoms with Crippen LogP contribution in [-0.2, 0) is 6.54 Å². The molecule has 2 aromatic carbocycles. The van der Waals surface area contributed by atoms with Gasteiger partial charge in [-0.15, -0.1) is 0 Å². The molecule has 0 spiro atoms. The second-order valence-electron chi connectivity index (χ2n) is 7.99. The van der Waals surface area contributed by atoms with Crippen molar-refractivity contribution < 1.29 is 9.18 Å². The molecule has 0 N–H and O–H groups in total. The van der Waals surface area contributed by atoms with Gasteiger partial charge < -0.3 is 4.90 Å². The number of carbonyl (C=O) groups excluding carboxylic acids is 1. The van der Waals surface area contributed by atoms with Gasteiger partial charge in [-0.25, -0.2) is 13.8 Å². The van der Waals surface area contributed by atoms with E-state index < -0.39 is 0 Å². The Bertz CT molecular complexity index is 1270. The lowest BCUT2D eigenvalue weighted by molar-refractivity contribution is 0.0783. The van der Waals surface area contributed by atoms with E-state index in [1.807, 2.05) is 62.7 Å². The maximum atomic E-state index is 13.4. The molecule has 1 amide bonds. The van der Waals surface area contributed by atoms with Crippen LogP contribution in [0, 0.1) is 33.5 Å². The van der Waals surface area contributed by atoms with Crippen molar-refractivity contribution in [2.24, 2.45) is 0 Å². The van der Waals surface area contributed by atoms with Crippen LogP contribution in [0.15, 0.2) is 54.6 Å². The van der Waals surface area contributed by atoms with Gasteiger partial charge in [0.25, 0.3) is 5.91 Å². The summed E-state index contributed by atoms with van der Waals surface area (Å²) in [6.07, 6.45) is 0. The molecule has 4 aromatic rings. The number of para-hydroxylation sites is 1. The topological polar surface area (TPSA) is 56.0 Å². The summed E-state index contributed by atoms with van der Waals surface area (Å²) in [6.45, 7) is 8.09. The quantitative estimate of drug-likeness (QED) is 0.460. The van der Waals surface area contributed by atoms with Crippen LogP contribution in [0.2, 0.25) is 0 Å². The van der Waals surface area contributed by atoms with Gasteiger partial charge in [-0.1, -0.05) is 18.2 Å². The van der Waals surface area contributed by atoms with Crippen molar-refractivity contribution in [2.45, 2.75) is 34.2 Å². The predicted molar refractivity (Wildman–Crippen MR) is 122 cm³/mol. The zero-order valence-electron chi connectivity index (χ0n) is 18.9. The summed E-state index contributed by atoms with van der Waals surface area (Å²) in [4.78, 5) is 15.1. The Morgan fingerprint density at radius 2 is 1.41 bits per heavy atom. The average Bonchev–Trinajstić information content (AvgIpc) is 3.24. The van der Waals surface area contributed by atoms with Crippen molar-refractivity contribution >= 4 is 5.91 Å². The van der Waals surface area contributed by atoms with Gasteiger partial charge >= 0.3 is 0 Å². The molecule has 0 bridgehead atoms. The van der Waals surface area contributed by atoms with Crippen molar-refractivity contribution in [3.63, 3.8) is 0 Å². The third-order valence-electron chi connectivity index (χ3n) is 5.76. The summed E-state index contributed by atoms with van der Waals surface area (Å²) in [7, 11) is 1.79. The van der Waals surface area contributed by atoms with Crippen LogP contribution in [0.3, 0.4) is 0 Å². The molecule has 0 saturated carbocycles. The number of amides is 1. The van der Waals surface area contributed by atoms with Crippen LogP contribution in [0.5, 0.6) is 0 Å². The van der Waals surface area contributed by atoms with E-state index in [9.17, 15) is 9.18 Å². The number of aryl methyl sites for hydroxylation is 2. The molecule has 0 aliphatic rings. The van der Waals surface area contributed by atoms with Gasteiger partial charge in [0, 0.05) is 24.8 Å². The third-order valence-corrected chi connectivity index (χ3v) is 5.76. The Morgan fingerprint density at radius 3 is 2.06 bits per heavy atom. The van der Waals surface area contributed by atoms with Crippen molar-refractivity contribution in [2.75, 3.05) is 7.05 Å². The van der Waals surface area contributed by atoms with Crippen molar-refractivity contribution in [3.8, 4) is 11.4 Å². The maximum absolute atomic E-state index is 13.4. The number of aromatic nitrogens is 4. The second kappa shape index (κ2) is 8.42. The van der Waals surface area contributed by atoms with E-state index in [-0.39, 0.29) is 11.7 Å². The number of rotatable bonds is 5. The number of benzene rings is 2. The molecule has 2 aromatic heterocycles. The monoisotopic (exact) mass is 431 g/mol. The summed E-state index contributed by atoms with van der Waals surface area (Å²) in [5, 5.41) is 9.21. The normalized spacial score (nSPS) is 11.1. The summed E-state index contributed by atoms with van der Waals surface area (Å²) in [5.41, 5.74) is 6.53. The van der Waals surface area contributed by atoms with Gasteiger partial charge in [0.05, 0.1) is 34.0 Å². The second-order valence-corrected chi connectivity index (χ2v) is 7.99. The van der Waals surface area contributed by atoms with E-state index >= 15 is 0 Å². The Labute approximate surface area is 186 Å². The van der Waals surface area contributed by atoms with Gasteiger partial charge in [-0.05, 0) is 64.1 Å². The standard InChI is InChI=1S/C25H26FN5O/c1-16-23(18(3)30(27-16)21-9-7-6-8-10-21)15-29(5)25(32)24-17(2)28-31(19(24)4)22-13-11-20(26)12-14-22/h6-14H,15H2,1-5H3. The van der Waals surface area contributed by atoms with Crippen molar-refractivity contribution in [3.05, 3.63) is 94.3 Å². The SMILES string of the molecule is Cc1nn(-c2ccccc2)c(C)c1CN(C)C(=O)c1c(C)nn(-c2ccc(F)cc2)c1C. The summed E-state index contributed by atoms with van der Waals surface area (Å²) >= 11 is 0. The van der Waals surface area contributed by atoms with E-state index in [2.05, 4.69) is 10.2 Å². The Kier molecular flexibility index (Phi) is 5.65. The highest BCUT2D eigenvalue weighted by molar-refractivity contribution is 5.96. The molecule has 0 aliphatic heterocycles. The van der Waals surface area contributed by atoms with Crippen molar-refractivity contribution in [1.29, 1.82) is 0 Å². The Hall–Kier alpha value is -3.74. The van der Waals surface area contributed by atoms with E-state index in [0.717, 1.165) is 28.3 Å². The molecule has 4 rings (SSSR count). The maximum Gasteiger partial charge on any atom is 0.257 e. The molecule has 164 valence electrons. The van der Waals surface area contributed by atoms with Gasteiger partial charge in [-0.2, -0.15) is 10.2 Å². The van der Waals surface area contributed by atoms with Crippen LogP contribution in [0.4, 0.5) is 4.39 Å². The minimum absolute atomic E-state index is 0.111. The Balaban J connectivity index is 1.62. The number of hydrogen-bond donors (Lipinski definition) is 0. The number of nitrogens with zero attached hydrogens (tertiary/aromatic N) is 5. The predicted octanol–water partition coefficient (Wildman–Crippen LogP) is 4.70. The van der Waals surface area contributed by atoms with Crippen LogP contribution in [0.1, 0.15) is 38.7 Å². The molecule has 0 radical (unpaired) electrons. The van der Waals surface area contributed by atoms with Crippen LogP contribution in [-0.4, -0.2) is 37.4 Å². The zero-order valence-corrected chi connectivity index (χ0v) is 18.9. The van der Waals surface area contributed by atoms with Gasteiger partial charge in [-0.3, -0.25) is 4.79 Å². The lowest BCUT2D eigenvalue weighted by Crippen LogP contribution is -2.27. The summed E-state index contributed by atoms with van der Waals surface area (Å²) < 4.78 is 16.9. The van der Waals surface area contributed by atoms with Gasteiger partial charge in [0.1, 0.15) is 5.82 Å². The first-order valence-corrected chi connectivity index (χ1v) is 10.5. The smallest absolute Gasteiger partial charge is 0.257 e. The highest BCUT2D eigenvalue weighted by Crippen LogP contribution is 2.23. The molecule has 0 atom stereocenters. The highest BCUT2D eigenvalue weighted by atomic mass is 19.1. The fourth-order valence-electron chi connectivity index (χ4n) is 4.01. The van der Waals surface area contributed by atoms with Crippen LogP contribution in [0.25, 0.3) is 11.4 Å². The summed E-state index contributed by atoms with van der Waals surface area (Å²) in [5.74, 6) is -0.423. The lowest BCUT2D eigenvalue weighted by Gasteiger charge is -2.18. The fourth-order valence-corrected chi connectivity index (χ4v) is 4.01. The first-order valence-electron chi connectivity index (χ1n) is 10.5. The van der Waals surface area contributed by atoms with E-state index in [1.165, 1.54) is 12.1 Å². The lowest BCUT2D eigenvalue weighted by atomic mass is 10.1. The first kappa shape index (κ1) is 21.5. The molecule has 0 unspecified atom stereocenters. The fraction of sp³-hybridized carbons (Fsp3) is 0.240. The molecule has 2 heterocycles. The van der Waals surface area contributed by atoms with E-state index in [1.54, 1.807) is 28.8 Å². The average molecular weight is 432 g/mol. The number of carbonyl (C=O) groups is 1. The minimum atomic E-state index is -0.312. The number of hydrogen-bond acceptors (Lipinski definition) is 3. The summed E-state index contributed by atoms with van der Waals surface area (Å²) in [6, 6.07) is 16.0. The molecule has 7 heteroatoms. The largest absolute Gasteiger partial charge is 0.337 e. The molecule has 32 heavy (non-hydrogen) atoms. The first-order chi connectivity index (χ1) is 15.3. The minimum Gasteiger partial charge on any atom is -0.337 e. The molecule has 0 fully saturated rings. The molecule has 0 aliphatic carbocycles. The van der Waals surface area contributed by atoms with Gasteiger partial charge in [0.15, 0.2) is 0 Å². The molecular formula is C25H26FN5O. The van der Waals surface area contributed by atoms with Crippen LogP contribution >= 0.6 is 0 Å².